The van der Waals surface area contributed by atoms with Crippen molar-refractivity contribution in [3.05, 3.63) is 65.8 Å². The normalized spacial score (nSPS) is 11.0. The third-order valence-electron chi connectivity index (χ3n) is 3.45. The summed E-state index contributed by atoms with van der Waals surface area (Å²) < 4.78 is 29.4. The quantitative estimate of drug-likeness (QED) is 0.605. The summed E-state index contributed by atoms with van der Waals surface area (Å²) in [5.74, 6) is -0.483. The van der Waals surface area contributed by atoms with Gasteiger partial charge in [-0.05, 0) is 12.1 Å². The van der Waals surface area contributed by atoms with Crippen LogP contribution in [-0.2, 0) is 0 Å². The van der Waals surface area contributed by atoms with Gasteiger partial charge in [0, 0.05) is 12.3 Å². The zero-order valence-electron chi connectivity index (χ0n) is 12.4. The average Bonchev–Trinajstić information content (AvgIpc) is 3.04. The van der Waals surface area contributed by atoms with E-state index in [9.17, 15) is 8.78 Å². The van der Waals surface area contributed by atoms with Gasteiger partial charge < -0.3 is 5.32 Å². The van der Waals surface area contributed by atoms with Crippen molar-refractivity contribution in [3.8, 4) is 5.69 Å². The third-order valence-corrected chi connectivity index (χ3v) is 3.75. The van der Waals surface area contributed by atoms with Crippen LogP contribution in [0.1, 0.15) is 0 Å². The highest BCUT2D eigenvalue weighted by Gasteiger charge is 2.17. The molecule has 1 aromatic carbocycles. The van der Waals surface area contributed by atoms with Gasteiger partial charge in [0.05, 0.1) is 22.8 Å². The molecule has 4 aromatic rings. The number of halogens is 3. The predicted molar refractivity (Wildman–Crippen MR) is 87.9 cm³/mol. The Morgan fingerprint density at radius 2 is 2.04 bits per heavy atom. The molecule has 0 aliphatic heterocycles. The Morgan fingerprint density at radius 3 is 2.80 bits per heavy atom. The summed E-state index contributed by atoms with van der Waals surface area (Å²) >= 11 is 6.05. The van der Waals surface area contributed by atoms with Gasteiger partial charge in [-0.15, -0.1) is 0 Å². The Balaban J connectivity index is 1.88. The number of para-hydroxylation sites is 1. The fourth-order valence-corrected chi connectivity index (χ4v) is 2.60. The Kier molecular flexibility index (Phi) is 3.73. The molecule has 3 heterocycles. The second-order valence-corrected chi connectivity index (χ2v) is 5.43. The maximum atomic E-state index is 14.1. The van der Waals surface area contributed by atoms with Crippen LogP contribution in [0.25, 0.3) is 16.6 Å². The monoisotopic (exact) mass is 357 g/mol. The molecule has 3 aromatic heterocycles. The molecule has 0 bridgehead atoms. The number of rotatable bonds is 3. The summed E-state index contributed by atoms with van der Waals surface area (Å²) in [7, 11) is 0. The van der Waals surface area contributed by atoms with Gasteiger partial charge in [0.2, 0.25) is 0 Å². The van der Waals surface area contributed by atoms with Gasteiger partial charge in [0.15, 0.2) is 5.82 Å². The second-order valence-electron chi connectivity index (χ2n) is 5.02. The van der Waals surface area contributed by atoms with Crippen molar-refractivity contribution in [2.24, 2.45) is 0 Å². The largest absolute Gasteiger partial charge is 0.324 e. The highest BCUT2D eigenvalue weighted by Crippen LogP contribution is 2.29. The van der Waals surface area contributed by atoms with Gasteiger partial charge in [-0.25, -0.2) is 28.4 Å². The van der Waals surface area contributed by atoms with Crippen molar-refractivity contribution in [2.45, 2.75) is 0 Å². The van der Waals surface area contributed by atoms with E-state index in [2.05, 4.69) is 31.6 Å². The van der Waals surface area contributed by atoms with Gasteiger partial charge in [0.1, 0.15) is 35.0 Å². The molecule has 0 amide bonds. The van der Waals surface area contributed by atoms with E-state index in [0.717, 1.165) is 6.20 Å². The number of nitrogens with zero attached hydrogens (tertiary/aromatic N) is 5. The Bertz CT molecular complexity index is 1050. The molecule has 0 atom stereocenters. The third kappa shape index (κ3) is 2.76. The molecule has 25 heavy (non-hydrogen) atoms. The smallest absolute Gasteiger partial charge is 0.169 e. The predicted octanol–water partition coefficient (Wildman–Crippen LogP) is 3.69. The SMILES string of the molecule is Fc1cccc(Cl)c1-n1cc2c(Nc3c[c]ncn3)ncc(F)c2n1. The number of hydrogen-bond donors (Lipinski definition) is 1. The summed E-state index contributed by atoms with van der Waals surface area (Å²) in [6, 6.07) is 5.76. The van der Waals surface area contributed by atoms with Crippen LogP contribution in [-0.4, -0.2) is 24.7 Å². The first-order valence-corrected chi connectivity index (χ1v) is 7.44. The number of fused-ring (bicyclic) bond motifs is 1. The van der Waals surface area contributed by atoms with E-state index in [1.807, 2.05) is 0 Å². The number of hydrogen-bond acceptors (Lipinski definition) is 5. The van der Waals surface area contributed by atoms with Gasteiger partial charge in [-0.2, -0.15) is 5.10 Å². The average molecular weight is 358 g/mol. The van der Waals surface area contributed by atoms with E-state index >= 15 is 0 Å². The zero-order valence-corrected chi connectivity index (χ0v) is 13.2. The first-order valence-electron chi connectivity index (χ1n) is 7.07. The fraction of sp³-hybridized carbons (Fsp3) is 0. The molecule has 6 nitrogen and oxygen atoms in total. The van der Waals surface area contributed by atoms with Crippen molar-refractivity contribution in [2.75, 3.05) is 5.32 Å². The number of aromatic nitrogens is 5. The molecule has 0 aliphatic carbocycles. The van der Waals surface area contributed by atoms with Gasteiger partial charge in [0.25, 0.3) is 0 Å². The first-order chi connectivity index (χ1) is 12.1. The van der Waals surface area contributed by atoms with E-state index < -0.39 is 11.6 Å². The fourth-order valence-electron chi connectivity index (χ4n) is 2.35. The summed E-state index contributed by atoms with van der Waals surface area (Å²) in [6.45, 7) is 0. The lowest BCUT2D eigenvalue weighted by Crippen LogP contribution is -1.99. The van der Waals surface area contributed by atoms with Crippen molar-refractivity contribution < 1.29 is 8.78 Å². The van der Waals surface area contributed by atoms with Crippen LogP contribution in [0.5, 0.6) is 0 Å². The Morgan fingerprint density at radius 1 is 1.16 bits per heavy atom. The van der Waals surface area contributed by atoms with Crippen LogP contribution >= 0.6 is 11.6 Å². The lowest BCUT2D eigenvalue weighted by atomic mass is 10.3. The molecule has 0 spiro atoms. The molecule has 0 unspecified atom stereocenters. The molecule has 0 saturated heterocycles. The Hall–Kier alpha value is -3.13. The molecule has 1 N–H and O–H groups in total. The second kappa shape index (κ2) is 6.06. The summed E-state index contributed by atoms with van der Waals surface area (Å²) in [5.41, 5.74) is 0.0518. The van der Waals surface area contributed by atoms with E-state index in [1.54, 1.807) is 0 Å². The van der Waals surface area contributed by atoms with E-state index in [1.165, 1.54) is 41.5 Å². The molecular formula is C16H8ClF2N6. The highest BCUT2D eigenvalue weighted by atomic mass is 35.5. The van der Waals surface area contributed by atoms with Crippen molar-refractivity contribution in [1.29, 1.82) is 0 Å². The molecule has 0 aliphatic rings. The summed E-state index contributed by atoms with van der Waals surface area (Å²) in [6.07, 6.45) is 6.40. The van der Waals surface area contributed by atoms with Gasteiger partial charge in [-0.3, -0.25) is 0 Å². The summed E-state index contributed by atoms with van der Waals surface area (Å²) in [5, 5.41) is 7.53. The Labute approximate surface area is 145 Å². The molecule has 123 valence electrons. The van der Waals surface area contributed by atoms with Crippen LogP contribution in [0.3, 0.4) is 0 Å². The van der Waals surface area contributed by atoms with E-state index in [-0.39, 0.29) is 16.2 Å². The standard InChI is InChI=1S/C16H8ClF2N6/c17-10-2-1-3-11(18)15(10)25-7-9-14(24-25)12(19)6-21-16(9)23-13-4-5-20-8-22-13/h1-4,6-8H,(H,20,21,22,23). The molecule has 9 heteroatoms. The number of anilines is 2. The minimum atomic E-state index is -0.638. The maximum absolute atomic E-state index is 14.1. The van der Waals surface area contributed by atoms with E-state index in [0.29, 0.717) is 17.0 Å². The number of benzene rings is 1. The number of pyridine rings is 1. The lowest BCUT2D eigenvalue weighted by Gasteiger charge is -2.05. The van der Waals surface area contributed by atoms with Crippen LogP contribution in [0.2, 0.25) is 5.02 Å². The zero-order chi connectivity index (χ0) is 17.4. The van der Waals surface area contributed by atoms with Crippen LogP contribution < -0.4 is 5.32 Å². The van der Waals surface area contributed by atoms with E-state index in [4.69, 9.17) is 11.6 Å². The molecule has 1 radical (unpaired) electrons. The first kappa shape index (κ1) is 15.4. The molecular weight excluding hydrogens is 350 g/mol. The van der Waals surface area contributed by atoms with Crippen LogP contribution in [0, 0.1) is 17.8 Å². The number of nitrogens with one attached hydrogen (secondary N) is 1. The van der Waals surface area contributed by atoms with Crippen molar-refractivity contribution in [3.63, 3.8) is 0 Å². The van der Waals surface area contributed by atoms with Crippen LogP contribution in [0.4, 0.5) is 20.4 Å². The van der Waals surface area contributed by atoms with Crippen LogP contribution in [0.15, 0.2) is 43.0 Å². The van der Waals surface area contributed by atoms with Gasteiger partial charge >= 0.3 is 0 Å². The molecule has 0 fully saturated rings. The van der Waals surface area contributed by atoms with Crippen molar-refractivity contribution >= 4 is 34.1 Å². The molecule has 0 saturated carbocycles. The highest BCUT2D eigenvalue weighted by molar-refractivity contribution is 6.32. The van der Waals surface area contributed by atoms with Gasteiger partial charge in [-0.1, -0.05) is 17.7 Å². The summed E-state index contributed by atoms with van der Waals surface area (Å²) in [4.78, 5) is 11.7. The lowest BCUT2D eigenvalue weighted by molar-refractivity contribution is 0.608. The minimum absolute atomic E-state index is 0.0230. The minimum Gasteiger partial charge on any atom is -0.324 e. The van der Waals surface area contributed by atoms with Crippen molar-refractivity contribution in [1.82, 2.24) is 24.7 Å². The topological polar surface area (TPSA) is 68.5 Å². The molecule has 4 rings (SSSR count). The maximum Gasteiger partial charge on any atom is 0.169 e.